The molecule has 0 atom stereocenters. The number of allylic oxidation sites excluding steroid dienone is 1. The molecule has 0 N–H and O–H groups in total. The van der Waals surface area contributed by atoms with Crippen molar-refractivity contribution in [3.05, 3.63) is 82.6 Å². The highest BCUT2D eigenvalue weighted by Gasteiger charge is 2.39. The zero-order valence-electron chi connectivity index (χ0n) is 14.9. The van der Waals surface area contributed by atoms with Gasteiger partial charge in [0.2, 0.25) is 0 Å². The summed E-state index contributed by atoms with van der Waals surface area (Å²) in [5, 5.41) is 0. The topological polar surface area (TPSA) is 3.24 Å². The summed E-state index contributed by atoms with van der Waals surface area (Å²) in [7, 11) is 0. The van der Waals surface area contributed by atoms with Crippen molar-refractivity contribution < 1.29 is 22.0 Å². The number of halogens is 5. The third kappa shape index (κ3) is 3.24. The molecule has 0 aromatic heterocycles. The van der Waals surface area contributed by atoms with E-state index in [0.717, 1.165) is 18.2 Å². The van der Waals surface area contributed by atoms with Crippen LogP contribution < -0.4 is 4.90 Å². The summed E-state index contributed by atoms with van der Waals surface area (Å²) in [6.45, 7) is 7.21. The van der Waals surface area contributed by atoms with Gasteiger partial charge in [0.1, 0.15) is 11.6 Å². The predicted octanol–water partition coefficient (Wildman–Crippen LogP) is 6.35. The maximum atomic E-state index is 14.8. The summed E-state index contributed by atoms with van der Waals surface area (Å²) in [6, 6.07) is 7.76. The third-order valence-corrected chi connectivity index (χ3v) is 4.76. The van der Waals surface area contributed by atoms with Gasteiger partial charge < -0.3 is 4.90 Å². The first-order valence-corrected chi connectivity index (χ1v) is 8.46. The van der Waals surface area contributed by atoms with E-state index in [1.165, 1.54) is 4.90 Å². The van der Waals surface area contributed by atoms with Crippen molar-refractivity contribution in [1.82, 2.24) is 0 Å². The second kappa shape index (κ2) is 6.83. The number of para-hydroxylation sites is 1. The average molecular weight is 379 g/mol. The molecular weight excluding hydrogens is 361 g/mol. The molecule has 1 aliphatic rings. The van der Waals surface area contributed by atoms with Gasteiger partial charge in [-0.25, -0.2) is 8.78 Å². The molecule has 0 unspecified atom stereocenters. The smallest absolute Gasteiger partial charge is 0.337 e. The summed E-state index contributed by atoms with van der Waals surface area (Å²) in [6.07, 6.45) is -4.23. The van der Waals surface area contributed by atoms with Crippen LogP contribution in [-0.4, -0.2) is 6.54 Å². The van der Waals surface area contributed by atoms with Gasteiger partial charge in [-0.2, -0.15) is 13.2 Å². The quantitative estimate of drug-likeness (QED) is 0.562. The van der Waals surface area contributed by atoms with Crippen LogP contribution in [0.1, 0.15) is 30.5 Å². The Morgan fingerprint density at radius 1 is 1.07 bits per heavy atom. The molecule has 0 spiro atoms. The van der Waals surface area contributed by atoms with Gasteiger partial charge in [0.05, 0.1) is 11.3 Å². The van der Waals surface area contributed by atoms with Crippen LogP contribution in [0, 0.1) is 11.6 Å². The van der Waals surface area contributed by atoms with Crippen LogP contribution in [0.3, 0.4) is 0 Å². The number of benzene rings is 2. The highest BCUT2D eigenvalue weighted by molar-refractivity contribution is 5.89. The van der Waals surface area contributed by atoms with E-state index in [0.29, 0.717) is 28.8 Å². The van der Waals surface area contributed by atoms with Crippen molar-refractivity contribution in [3.63, 3.8) is 0 Å². The van der Waals surface area contributed by atoms with Crippen LogP contribution in [0.25, 0.3) is 5.57 Å². The molecule has 6 heteroatoms. The van der Waals surface area contributed by atoms with E-state index < -0.39 is 29.1 Å². The number of rotatable bonds is 3. The zero-order chi connectivity index (χ0) is 19.9. The van der Waals surface area contributed by atoms with E-state index >= 15 is 0 Å². The first-order chi connectivity index (χ1) is 12.7. The van der Waals surface area contributed by atoms with Crippen molar-refractivity contribution in [1.29, 1.82) is 0 Å². The molecule has 27 heavy (non-hydrogen) atoms. The van der Waals surface area contributed by atoms with E-state index in [2.05, 4.69) is 6.58 Å². The Morgan fingerprint density at radius 3 is 2.37 bits per heavy atom. The first kappa shape index (κ1) is 19.1. The summed E-state index contributed by atoms with van der Waals surface area (Å²) >= 11 is 0. The predicted molar refractivity (Wildman–Crippen MR) is 96.3 cm³/mol. The Kier molecular flexibility index (Phi) is 4.84. The summed E-state index contributed by atoms with van der Waals surface area (Å²) in [5.74, 6) is -1.41. The zero-order valence-corrected chi connectivity index (χ0v) is 14.9. The van der Waals surface area contributed by atoms with E-state index in [9.17, 15) is 22.0 Å². The van der Waals surface area contributed by atoms with Gasteiger partial charge in [-0.05, 0) is 36.6 Å². The Hall–Kier alpha value is -2.63. The van der Waals surface area contributed by atoms with Crippen LogP contribution in [0.5, 0.6) is 0 Å². The number of anilines is 1. The second-order valence-electron chi connectivity index (χ2n) is 6.42. The van der Waals surface area contributed by atoms with Crippen LogP contribution >= 0.6 is 0 Å². The van der Waals surface area contributed by atoms with Gasteiger partial charge in [-0.15, -0.1) is 0 Å². The van der Waals surface area contributed by atoms with E-state index in [1.807, 2.05) is 6.92 Å². The molecule has 0 amide bonds. The van der Waals surface area contributed by atoms with Crippen LogP contribution in [0.4, 0.5) is 27.6 Å². The molecule has 0 radical (unpaired) electrons. The number of aryl methyl sites for hydroxylation is 1. The molecule has 3 rings (SSSR count). The summed E-state index contributed by atoms with van der Waals surface area (Å²) < 4.78 is 69.4. The molecule has 0 bridgehead atoms. The number of hydrogen-bond acceptors (Lipinski definition) is 1. The van der Waals surface area contributed by atoms with E-state index in [1.54, 1.807) is 25.1 Å². The molecule has 2 aromatic rings. The fourth-order valence-corrected chi connectivity index (χ4v) is 3.48. The lowest BCUT2D eigenvalue weighted by atomic mass is 9.96. The molecule has 0 saturated heterocycles. The fraction of sp³-hybridized carbons (Fsp3) is 0.238. The SMILES string of the molecule is C=C1CN(c2c(F)cccc2C(F)(F)F)C(C)=C1c1cccc(CC)c1F. The van der Waals surface area contributed by atoms with Gasteiger partial charge in [0, 0.05) is 23.4 Å². The minimum atomic E-state index is -4.71. The average Bonchev–Trinajstić information content (AvgIpc) is 2.88. The normalized spacial score (nSPS) is 15.1. The minimum Gasteiger partial charge on any atom is -0.337 e. The second-order valence-corrected chi connectivity index (χ2v) is 6.42. The van der Waals surface area contributed by atoms with Crippen molar-refractivity contribution in [3.8, 4) is 0 Å². The molecule has 0 aliphatic carbocycles. The fourth-order valence-electron chi connectivity index (χ4n) is 3.48. The Balaban J connectivity index is 2.20. The molecule has 2 aromatic carbocycles. The highest BCUT2D eigenvalue weighted by Crippen LogP contribution is 2.44. The number of alkyl halides is 3. The Morgan fingerprint density at radius 2 is 1.74 bits per heavy atom. The lowest BCUT2D eigenvalue weighted by Crippen LogP contribution is -2.23. The highest BCUT2D eigenvalue weighted by atomic mass is 19.4. The molecule has 0 fully saturated rings. The summed E-state index contributed by atoms with van der Waals surface area (Å²) in [5.41, 5.74) is 0.326. The maximum absolute atomic E-state index is 14.8. The van der Waals surface area contributed by atoms with Crippen molar-refractivity contribution in [2.45, 2.75) is 26.4 Å². The standard InChI is InChI=1S/C21H18F5N/c1-4-14-7-5-8-15(19(14)23)18-12(2)11-27(13(18)3)20-16(21(24,25)26)9-6-10-17(20)22/h5-10H,2,4,11H2,1,3H3. The Bertz CT molecular complexity index is 940. The van der Waals surface area contributed by atoms with Crippen molar-refractivity contribution in [2.24, 2.45) is 0 Å². The lowest BCUT2D eigenvalue weighted by Gasteiger charge is -2.24. The molecule has 0 saturated carbocycles. The monoisotopic (exact) mass is 379 g/mol. The lowest BCUT2D eigenvalue weighted by molar-refractivity contribution is -0.137. The molecule has 1 nitrogen and oxygen atoms in total. The molecular formula is C21H18F5N. The van der Waals surface area contributed by atoms with Gasteiger partial charge in [-0.1, -0.05) is 37.8 Å². The van der Waals surface area contributed by atoms with E-state index in [-0.39, 0.29) is 12.1 Å². The first-order valence-electron chi connectivity index (χ1n) is 8.46. The molecule has 1 aliphatic heterocycles. The van der Waals surface area contributed by atoms with Crippen LogP contribution in [0.2, 0.25) is 0 Å². The van der Waals surface area contributed by atoms with Crippen LogP contribution in [-0.2, 0) is 12.6 Å². The van der Waals surface area contributed by atoms with E-state index in [4.69, 9.17) is 0 Å². The largest absolute Gasteiger partial charge is 0.418 e. The van der Waals surface area contributed by atoms with Gasteiger partial charge in [-0.3, -0.25) is 0 Å². The summed E-state index contributed by atoms with van der Waals surface area (Å²) in [4.78, 5) is 1.22. The molecule has 1 heterocycles. The third-order valence-electron chi connectivity index (χ3n) is 4.76. The molecule has 142 valence electrons. The van der Waals surface area contributed by atoms with Gasteiger partial charge >= 0.3 is 6.18 Å². The minimum absolute atomic E-state index is 0.0407. The van der Waals surface area contributed by atoms with Crippen molar-refractivity contribution in [2.75, 3.05) is 11.4 Å². The van der Waals surface area contributed by atoms with Gasteiger partial charge in [0.25, 0.3) is 0 Å². The number of nitrogens with zero attached hydrogens (tertiary/aromatic N) is 1. The van der Waals surface area contributed by atoms with Gasteiger partial charge in [0.15, 0.2) is 0 Å². The van der Waals surface area contributed by atoms with Crippen molar-refractivity contribution >= 4 is 11.3 Å². The maximum Gasteiger partial charge on any atom is 0.418 e. The Labute approximate surface area is 154 Å². The van der Waals surface area contributed by atoms with Crippen LogP contribution in [0.15, 0.2) is 54.2 Å². The number of hydrogen-bond donors (Lipinski definition) is 0.